The molecule has 0 radical (unpaired) electrons. The van der Waals surface area contributed by atoms with Gasteiger partial charge in [-0.15, -0.1) is 0 Å². The Kier molecular flexibility index (Phi) is 3.69. The van der Waals surface area contributed by atoms with E-state index in [0.717, 1.165) is 36.7 Å². The molecule has 2 rings (SSSR count). The number of aryl methyl sites for hydroxylation is 1. The highest BCUT2D eigenvalue weighted by Crippen LogP contribution is 2.22. The van der Waals surface area contributed by atoms with Gasteiger partial charge in [0, 0.05) is 31.7 Å². The summed E-state index contributed by atoms with van der Waals surface area (Å²) in [6, 6.07) is 1.96. The van der Waals surface area contributed by atoms with Crippen molar-refractivity contribution in [3.63, 3.8) is 0 Å². The molecule has 0 aliphatic carbocycles. The normalized spacial score (nSPS) is 10.5. The molecule has 0 amide bonds. The molecule has 0 saturated carbocycles. The fourth-order valence-electron chi connectivity index (χ4n) is 1.68. The molecule has 5 heteroatoms. The topological polar surface area (TPSA) is 55.6 Å². The SMILES string of the molecule is CCCNc1nccnc1-c1ccnn1CC. The van der Waals surface area contributed by atoms with Gasteiger partial charge < -0.3 is 5.32 Å². The molecule has 90 valence electrons. The first kappa shape index (κ1) is 11.6. The number of nitrogens with zero attached hydrogens (tertiary/aromatic N) is 4. The molecule has 2 aromatic heterocycles. The van der Waals surface area contributed by atoms with E-state index in [4.69, 9.17) is 0 Å². The molecule has 1 N–H and O–H groups in total. The van der Waals surface area contributed by atoms with Crippen molar-refractivity contribution in [1.82, 2.24) is 19.7 Å². The van der Waals surface area contributed by atoms with Crippen LogP contribution < -0.4 is 5.32 Å². The molecule has 0 aliphatic heterocycles. The third kappa shape index (κ3) is 2.43. The van der Waals surface area contributed by atoms with E-state index in [0.29, 0.717) is 0 Å². The fraction of sp³-hybridized carbons (Fsp3) is 0.417. The van der Waals surface area contributed by atoms with Crippen molar-refractivity contribution in [1.29, 1.82) is 0 Å². The lowest BCUT2D eigenvalue weighted by Crippen LogP contribution is -2.07. The lowest BCUT2D eigenvalue weighted by atomic mass is 10.3. The molecule has 2 heterocycles. The highest BCUT2D eigenvalue weighted by Gasteiger charge is 2.11. The number of nitrogens with one attached hydrogen (secondary N) is 1. The molecular formula is C12H17N5. The lowest BCUT2D eigenvalue weighted by molar-refractivity contribution is 0.665. The predicted molar refractivity (Wildman–Crippen MR) is 67.7 cm³/mol. The van der Waals surface area contributed by atoms with Crippen molar-refractivity contribution in [2.24, 2.45) is 0 Å². The maximum Gasteiger partial charge on any atom is 0.154 e. The third-order valence-electron chi connectivity index (χ3n) is 2.50. The fourth-order valence-corrected chi connectivity index (χ4v) is 1.68. The van der Waals surface area contributed by atoms with Gasteiger partial charge in [-0.2, -0.15) is 5.10 Å². The standard InChI is InChI=1S/C12H17N5/c1-3-6-14-12-11(13-8-9-15-12)10-5-7-16-17(10)4-2/h5,7-9H,3-4,6H2,1-2H3,(H,14,15). The Bertz CT molecular complexity index is 477. The number of hydrogen-bond donors (Lipinski definition) is 1. The molecule has 0 fully saturated rings. The first-order valence-corrected chi connectivity index (χ1v) is 5.93. The quantitative estimate of drug-likeness (QED) is 0.857. The second-order valence-corrected chi connectivity index (χ2v) is 3.71. The summed E-state index contributed by atoms with van der Waals surface area (Å²) in [4.78, 5) is 8.73. The van der Waals surface area contributed by atoms with E-state index in [1.54, 1.807) is 18.6 Å². The molecule has 17 heavy (non-hydrogen) atoms. The van der Waals surface area contributed by atoms with E-state index in [2.05, 4.69) is 34.2 Å². The van der Waals surface area contributed by atoms with Crippen molar-refractivity contribution in [3.05, 3.63) is 24.7 Å². The van der Waals surface area contributed by atoms with Gasteiger partial charge in [-0.3, -0.25) is 4.68 Å². The molecule has 2 aromatic rings. The van der Waals surface area contributed by atoms with E-state index in [1.165, 1.54) is 0 Å². The summed E-state index contributed by atoms with van der Waals surface area (Å²) in [5, 5.41) is 7.54. The second-order valence-electron chi connectivity index (χ2n) is 3.71. The minimum Gasteiger partial charge on any atom is -0.368 e. The van der Waals surface area contributed by atoms with Gasteiger partial charge in [-0.1, -0.05) is 6.92 Å². The average Bonchev–Trinajstić information content (AvgIpc) is 2.84. The molecule has 0 spiro atoms. The first-order valence-electron chi connectivity index (χ1n) is 5.93. The van der Waals surface area contributed by atoms with Crippen LogP contribution in [0, 0.1) is 0 Å². The van der Waals surface area contributed by atoms with Crippen LogP contribution in [0.4, 0.5) is 5.82 Å². The van der Waals surface area contributed by atoms with Crippen LogP contribution in [0.15, 0.2) is 24.7 Å². The largest absolute Gasteiger partial charge is 0.368 e. The summed E-state index contributed by atoms with van der Waals surface area (Å²) in [5.41, 5.74) is 1.86. The van der Waals surface area contributed by atoms with Gasteiger partial charge >= 0.3 is 0 Å². The van der Waals surface area contributed by atoms with Crippen LogP contribution >= 0.6 is 0 Å². The first-order chi connectivity index (χ1) is 8.36. The van der Waals surface area contributed by atoms with Crippen LogP contribution in [0.25, 0.3) is 11.4 Å². The Balaban J connectivity index is 2.37. The third-order valence-corrected chi connectivity index (χ3v) is 2.50. The van der Waals surface area contributed by atoms with E-state index in [9.17, 15) is 0 Å². The van der Waals surface area contributed by atoms with Gasteiger partial charge in [0.25, 0.3) is 0 Å². The second kappa shape index (κ2) is 5.43. The monoisotopic (exact) mass is 231 g/mol. The van der Waals surface area contributed by atoms with Crippen molar-refractivity contribution >= 4 is 5.82 Å². The zero-order valence-electron chi connectivity index (χ0n) is 10.2. The summed E-state index contributed by atoms with van der Waals surface area (Å²) in [6.07, 6.45) is 6.26. The number of rotatable bonds is 5. The maximum atomic E-state index is 4.40. The molecule has 0 aliphatic rings. The number of aromatic nitrogens is 4. The van der Waals surface area contributed by atoms with Crippen molar-refractivity contribution in [2.45, 2.75) is 26.8 Å². The minimum absolute atomic E-state index is 0.824. The maximum absolute atomic E-state index is 4.40. The van der Waals surface area contributed by atoms with Gasteiger partial charge in [0.1, 0.15) is 5.69 Å². The molecule has 0 aromatic carbocycles. The number of anilines is 1. The van der Waals surface area contributed by atoms with Crippen LogP contribution in [0.3, 0.4) is 0 Å². The molecule has 0 atom stereocenters. The zero-order chi connectivity index (χ0) is 12.1. The Morgan fingerprint density at radius 1 is 1.18 bits per heavy atom. The predicted octanol–water partition coefficient (Wildman–Crippen LogP) is 2.18. The average molecular weight is 231 g/mol. The summed E-state index contributed by atoms with van der Waals surface area (Å²) >= 11 is 0. The molecule has 0 unspecified atom stereocenters. The van der Waals surface area contributed by atoms with Crippen LogP contribution in [0.5, 0.6) is 0 Å². The van der Waals surface area contributed by atoms with E-state index >= 15 is 0 Å². The van der Waals surface area contributed by atoms with Gasteiger partial charge in [0.2, 0.25) is 0 Å². The van der Waals surface area contributed by atoms with Gasteiger partial charge in [-0.05, 0) is 19.4 Å². The van der Waals surface area contributed by atoms with Crippen LogP contribution in [-0.2, 0) is 6.54 Å². The Morgan fingerprint density at radius 2 is 2.00 bits per heavy atom. The van der Waals surface area contributed by atoms with E-state index < -0.39 is 0 Å². The molecule has 0 bridgehead atoms. The minimum atomic E-state index is 0.824. The summed E-state index contributed by atoms with van der Waals surface area (Å²) in [7, 11) is 0. The summed E-state index contributed by atoms with van der Waals surface area (Å²) < 4.78 is 1.92. The van der Waals surface area contributed by atoms with Crippen molar-refractivity contribution in [2.75, 3.05) is 11.9 Å². The van der Waals surface area contributed by atoms with E-state index in [1.807, 2.05) is 10.7 Å². The lowest BCUT2D eigenvalue weighted by Gasteiger charge is -2.09. The molecule has 0 saturated heterocycles. The summed E-state index contributed by atoms with van der Waals surface area (Å²) in [5.74, 6) is 0.824. The number of hydrogen-bond acceptors (Lipinski definition) is 4. The highest BCUT2D eigenvalue weighted by atomic mass is 15.3. The van der Waals surface area contributed by atoms with Crippen LogP contribution in [-0.4, -0.2) is 26.3 Å². The Morgan fingerprint density at radius 3 is 2.76 bits per heavy atom. The van der Waals surface area contributed by atoms with Crippen LogP contribution in [0.2, 0.25) is 0 Å². The Labute approximate surface area is 101 Å². The molecule has 5 nitrogen and oxygen atoms in total. The van der Waals surface area contributed by atoms with Crippen LogP contribution in [0.1, 0.15) is 20.3 Å². The van der Waals surface area contributed by atoms with Gasteiger partial charge in [0.15, 0.2) is 5.82 Å². The van der Waals surface area contributed by atoms with Crippen molar-refractivity contribution in [3.8, 4) is 11.4 Å². The molecular weight excluding hydrogens is 214 g/mol. The zero-order valence-corrected chi connectivity index (χ0v) is 10.2. The Hall–Kier alpha value is -1.91. The summed E-state index contributed by atoms with van der Waals surface area (Å²) in [6.45, 7) is 5.91. The van der Waals surface area contributed by atoms with Gasteiger partial charge in [-0.25, -0.2) is 9.97 Å². The van der Waals surface area contributed by atoms with Crippen molar-refractivity contribution < 1.29 is 0 Å². The van der Waals surface area contributed by atoms with E-state index in [-0.39, 0.29) is 0 Å². The van der Waals surface area contributed by atoms with Gasteiger partial charge in [0.05, 0.1) is 5.69 Å². The highest BCUT2D eigenvalue weighted by molar-refractivity contribution is 5.68. The smallest absolute Gasteiger partial charge is 0.154 e.